The minimum absolute atomic E-state index is 0.836. The van der Waals surface area contributed by atoms with Crippen molar-refractivity contribution in [2.45, 2.75) is 58.2 Å². The van der Waals surface area contributed by atoms with Crippen LogP contribution in [0.2, 0.25) is 16.6 Å². The second-order valence-corrected chi connectivity index (χ2v) is 11.4. The summed E-state index contributed by atoms with van der Waals surface area (Å²) in [6.07, 6.45) is 0. The quantitative estimate of drug-likeness (QED) is 0.627. The molecule has 1 nitrogen and oxygen atoms in total. The average molecular weight is 201 g/mol. The van der Waals surface area contributed by atoms with Crippen LogP contribution in [0.25, 0.3) is 0 Å². The summed E-state index contributed by atoms with van der Waals surface area (Å²) in [5, 5.41) is 0. The molecule has 0 radical (unpaired) electrons. The summed E-state index contributed by atoms with van der Waals surface area (Å²) in [5.74, 6) is 0. The van der Waals surface area contributed by atoms with Crippen molar-refractivity contribution < 1.29 is 0 Å². The highest BCUT2D eigenvalue weighted by molar-refractivity contribution is 6.80. The third-order valence-electron chi connectivity index (χ3n) is 3.55. The van der Waals surface area contributed by atoms with Gasteiger partial charge in [0.2, 0.25) is 0 Å². The zero-order chi connectivity index (χ0) is 10.8. The van der Waals surface area contributed by atoms with Crippen molar-refractivity contribution in [1.29, 1.82) is 0 Å². The maximum Gasteiger partial charge on any atom is 0.135 e. The van der Waals surface area contributed by atoms with Crippen LogP contribution in [-0.2, 0) is 0 Å². The van der Waals surface area contributed by atoms with E-state index < -0.39 is 8.24 Å². The van der Waals surface area contributed by atoms with Gasteiger partial charge in [-0.15, -0.1) is 0 Å². The molecule has 0 amide bonds. The monoisotopic (exact) mass is 201 g/mol. The molecule has 0 aromatic heterocycles. The number of nitrogens with zero attached hydrogens (tertiary/aromatic N) is 1. The molecule has 0 aliphatic rings. The van der Waals surface area contributed by atoms with Gasteiger partial charge in [0.15, 0.2) is 0 Å². The first kappa shape index (κ1) is 13.2. The summed E-state index contributed by atoms with van der Waals surface area (Å²) in [6, 6.07) is 0. The van der Waals surface area contributed by atoms with Crippen LogP contribution in [0, 0.1) is 0 Å². The van der Waals surface area contributed by atoms with Crippen molar-refractivity contribution in [2.75, 3.05) is 14.1 Å². The molecule has 0 fully saturated rings. The molecular weight excluding hydrogens is 174 g/mol. The molecule has 0 aliphatic carbocycles. The SMILES string of the molecule is CC(C)[Si](C(C)C)(C(C)C)N(C)C. The highest BCUT2D eigenvalue weighted by Gasteiger charge is 2.44. The van der Waals surface area contributed by atoms with Gasteiger partial charge < -0.3 is 4.57 Å². The summed E-state index contributed by atoms with van der Waals surface area (Å²) in [5.41, 5.74) is 2.51. The largest absolute Gasteiger partial charge is 0.328 e. The van der Waals surface area contributed by atoms with Crippen molar-refractivity contribution in [1.82, 2.24) is 4.57 Å². The first-order valence-electron chi connectivity index (χ1n) is 5.45. The van der Waals surface area contributed by atoms with Gasteiger partial charge >= 0.3 is 0 Å². The van der Waals surface area contributed by atoms with Gasteiger partial charge in [-0.1, -0.05) is 41.5 Å². The second-order valence-electron chi connectivity index (χ2n) is 5.25. The number of hydrogen-bond acceptors (Lipinski definition) is 1. The molecule has 0 saturated heterocycles. The Bertz CT molecular complexity index is 113. The van der Waals surface area contributed by atoms with Crippen molar-refractivity contribution in [3.63, 3.8) is 0 Å². The molecule has 2 heteroatoms. The summed E-state index contributed by atoms with van der Waals surface area (Å²) < 4.78 is 2.55. The third-order valence-corrected chi connectivity index (χ3v) is 10.6. The van der Waals surface area contributed by atoms with Crippen molar-refractivity contribution in [3.8, 4) is 0 Å². The van der Waals surface area contributed by atoms with E-state index in [9.17, 15) is 0 Å². The predicted molar refractivity (Wildman–Crippen MR) is 64.7 cm³/mol. The Hall–Kier alpha value is 0.177. The van der Waals surface area contributed by atoms with Crippen LogP contribution in [-0.4, -0.2) is 26.9 Å². The predicted octanol–water partition coefficient (Wildman–Crippen LogP) is 3.72. The Morgan fingerprint density at radius 1 is 0.692 bits per heavy atom. The van der Waals surface area contributed by atoms with E-state index in [0.717, 1.165) is 16.6 Å². The maximum atomic E-state index is 2.55. The molecule has 0 atom stereocenters. The summed E-state index contributed by atoms with van der Waals surface area (Å²) in [7, 11) is 3.27. The van der Waals surface area contributed by atoms with E-state index in [2.05, 4.69) is 60.2 Å². The molecule has 0 heterocycles. The second kappa shape index (κ2) is 4.60. The Balaban J connectivity index is 5.06. The van der Waals surface area contributed by atoms with Crippen molar-refractivity contribution >= 4 is 8.24 Å². The van der Waals surface area contributed by atoms with Gasteiger partial charge in [-0.2, -0.15) is 0 Å². The van der Waals surface area contributed by atoms with Crippen LogP contribution in [0.5, 0.6) is 0 Å². The molecule has 0 aromatic rings. The molecule has 0 bridgehead atoms. The molecule has 80 valence electrons. The van der Waals surface area contributed by atoms with Crippen molar-refractivity contribution in [2.24, 2.45) is 0 Å². The fraction of sp³-hybridized carbons (Fsp3) is 1.00. The van der Waals surface area contributed by atoms with E-state index in [1.54, 1.807) is 0 Å². The van der Waals surface area contributed by atoms with E-state index in [-0.39, 0.29) is 0 Å². The van der Waals surface area contributed by atoms with Gasteiger partial charge in [-0.3, -0.25) is 0 Å². The lowest BCUT2D eigenvalue weighted by atomic mass is 10.5. The van der Waals surface area contributed by atoms with E-state index >= 15 is 0 Å². The highest BCUT2D eigenvalue weighted by atomic mass is 28.3. The fourth-order valence-electron chi connectivity index (χ4n) is 3.55. The molecule has 0 spiro atoms. The minimum atomic E-state index is -1.27. The van der Waals surface area contributed by atoms with Crippen molar-refractivity contribution in [3.05, 3.63) is 0 Å². The third kappa shape index (κ3) is 2.16. The molecular formula is C11H27NSi. The first-order chi connectivity index (χ1) is 5.77. The standard InChI is InChI=1S/C11H27NSi/c1-9(2)13(10(3)4,11(5)6)12(7)8/h9-11H,1-8H3. The summed E-state index contributed by atoms with van der Waals surface area (Å²) in [6.45, 7) is 14.4. The van der Waals surface area contributed by atoms with Crippen LogP contribution in [0.1, 0.15) is 41.5 Å². The van der Waals surface area contributed by atoms with E-state index in [1.807, 2.05) is 0 Å². The van der Waals surface area contributed by atoms with E-state index in [0.29, 0.717) is 0 Å². The fourth-order valence-corrected chi connectivity index (χ4v) is 10.6. The van der Waals surface area contributed by atoms with Crippen LogP contribution >= 0.6 is 0 Å². The molecule has 0 unspecified atom stereocenters. The zero-order valence-corrected chi connectivity index (χ0v) is 11.7. The highest BCUT2D eigenvalue weighted by Crippen LogP contribution is 2.42. The van der Waals surface area contributed by atoms with Crippen LogP contribution in [0.15, 0.2) is 0 Å². The van der Waals surface area contributed by atoms with Crippen LogP contribution in [0.4, 0.5) is 0 Å². The van der Waals surface area contributed by atoms with Gasteiger partial charge in [0.25, 0.3) is 0 Å². The Kier molecular flexibility index (Phi) is 4.67. The van der Waals surface area contributed by atoms with Gasteiger partial charge in [-0.05, 0) is 30.7 Å². The molecule has 0 aromatic carbocycles. The Morgan fingerprint density at radius 2 is 0.923 bits per heavy atom. The van der Waals surface area contributed by atoms with E-state index in [1.165, 1.54) is 0 Å². The maximum absolute atomic E-state index is 2.55. The topological polar surface area (TPSA) is 3.24 Å². The summed E-state index contributed by atoms with van der Waals surface area (Å²) in [4.78, 5) is 0. The Labute approximate surface area is 85.6 Å². The minimum Gasteiger partial charge on any atom is -0.328 e. The first-order valence-corrected chi connectivity index (χ1v) is 7.63. The number of rotatable bonds is 4. The average Bonchev–Trinajstić information content (AvgIpc) is 1.82. The molecule has 0 saturated carbocycles. The smallest absolute Gasteiger partial charge is 0.135 e. The summed E-state index contributed by atoms with van der Waals surface area (Å²) >= 11 is 0. The Morgan fingerprint density at radius 3 is 0.923 bits per heavy atom. The number of hydrogen-bond donors (Lipinski definition) is 0. The van der Waals surface area contributed by atoms with Gasteiger partial charge in [0.05, 0.1) is 0 Å². The molecule has 13 heavy (non-hydrogen) atoms. The lowest BCUT2D eigenvalue weighted by Gasteiger charge is -2.48. The molecule has 0 aliphatic heterocycles. The molecule has 0 rings (SSSR count). The van der Waals surface area contributed by atoms with Crippen LogP contribution in [0.3, 0.4) is 0 Å². The normalized spacial score (nSPS) is 13.8. The van der Waals surface area contributed by atoms with Gasteiger partial charge in [0.1, 0.15) is 8.24 Å². The lowest BCUT2D eigenvalue weighted by Crippen LogP contribution is -2.56. The van der Waals surface area contributed by atoms with Gasteiger partial charge in [-0.25, -0.2) is 0 Å². The molecule has 0 N–H and O–H groups in total. The van der Waals surface area contributed by atoms with E-state index in [4.69, 9.17) is 0 Å². The van der Waals surface area contributed by atoms with Crippen LogP contribution < -0.4 is 0 Å². The lowest BCUT2D eigenvalue weighted by molar-refractivity contribution is 0.544. The zero-order valence-electron chi connectivity index (χ0n) is 10.7. The van der Waals surface area contributed by atoms with Gasteiger partial charge in [0, 0.05) is 0 Å².